The Morgan fingerprint density at radius 1 is 0.385 bits per heavy atom. The van der Waals surface area contributed by atoms with Gasteiger partial charge in [-0.2, -0.15) is 0 Å². The fraction of sp³-hybridized carbons (Fsp3) is 0.218. The van der Waals surface area contributed by atoms with Gasteiger partial charge in [-0.1, -0.05) is 270 Å². The van der Waals surface area contributed by atoms with E-state index in [1.165, 1.54) is 169 Å². The molecule has 0 N–H and O–H groups in total. The van der Waals surface area contributed by atoms with Crippen molar-refractivity contribution in [2.75, 3.05) is 11.4 Å². The molecule has 0 spiro atoms. The van der Waals surface area contributed by atoms with Gasteiger partial charge in [-0.25, -0.2) is 0 Å². The first-order chi connectivity index (χ1) is 43.6. The van der Waals surface area contributed by atoms with E-state index in [4.69, 9.17) is 0 Å². The molecule has 0 aliphatic carbocycles. The molecule has 0 atom stereocenters. The summed E-state index contributed by atoms with van der Waals surface area (Å²) in [7, 11) is 0. The molecule has 0 saturated carbocycles. The summed E-state index contributed by atoms with van der Waals surface area (Å²) >= 11 is 1.98. The number of aromatic nitrogens is 1. The third-order valence-corrected chi connectivity index (χ3v) is 21.2. The third kappa shape index (κ3) is 9.60. The second-order valence-corrected chi connectivity index (χ2v) is 31.7. The molecule has 13 aromatic carbocycles. The lowest BCUT2D eigenvalue weighted by atomic mass is 9.34. The van der Waals surface area contributed by atoms with Crippen molar-refractivity contribution in [1.82, 2.24) is 4.57 Å². The zero-order chi connectivity index (χ0) is 62.6. The highest BCUT2D eigenvalue weighted by Gasteiger charge is 2.42. The molecular weight excluding hydrogens is 1120 g/mol. The smallest absolute Gasteiger partial charge is 0.249 e. The van der Waals surface area contributed by atoms with Gasteiger partial charge >= 0.3 is 0 Å². The summed E-state index contributed by atoms with van der Waals surface area (Å²) in [6.45, 7) is 29.0. The van der Waals surface area contributed by atoms with Crippen molar-refractivity contribution in [3.63, 3.8) is 0 Å². The third-order valence-electron chi connectivity index (χ3n) is 20.1. The van der Waals surface area contributed by atoms with Gasteiger partial charge < -0.3 is 9.47 Å². The van der Waals surface area contributed by atoms with Crippen molar-refractivity contribution in [2.45, 2.75) is 122 Å². The van der Waals surface area contributed by atoms with Gasteiger partial charge in [-0.3, -0.25) is 0 Å². The summed E-state index contributed by atoms with van der Waals surface area (Å²) < 4.78 is 2.55. The first-order valence-corrected chi connectivity index (χ1v) is 33.8. The van der Waals surface area contributed by atoms with E-state index >= 15 is 0 Å². The van der Waals surface area contributed by atoms with Gasteiger partial charge in [0.25, 0.3) is 0 Å². The van der Waals surface area contributed by atoms with Gasteiger partial charge in [0.1, 0.15) is 0 Å². The number of hydrogen-bond acceptors (Lipinski definition) is 2. The number of anilines is 2. The molecule has 91 heavy (non-hydrogen) atoms. The highest BCUT2D eigenvalue weighted by molar-refractivity contribution is 8.00. The van der Waals surface area contributed by atoms with Crippen molar-refractivity contribution in [3.05, 3.63) is 252 Å². The van der Waals surface area contributed by atoms with Gasteiger partial charge in [-0.05, 0) is 204 Å². The van der Waals surface area contributed by atoms with E-state index in [1.807, 2.05) is 11.8 Å². The van der Waals surface area contributed by atoms with E-state index < -0.39 is 0 Å². The Kier molecular flexibility index (Phi) is 13.1. The maximum absolute atomic E-state index is 2.77. The molecule has 14 aromatic rings. The first-order valence-electron chi connectivity index (χ1n) is 33.0. The summed E-state index contributed by atoms with van der Waals surface area (Å²) in [6.07, 6.45) is 1.79. The molecule has 0 radical (unpaired) electrons. The minimum atomic E-state index is -0.0592. The SMILES string of the molecule is CC(C)(C)Cc1cc2c3c(c1)N(CCc1c(-c4ccccc4)cc(C(C)(C)C)cc1-c1ccccc1)c1cc(-c4ccc5cccc6c7cccc8cccc(c4c56)c87)ccc1B3c1ccc(-n3c4ccc(C(C)(C)C)cc4c4cc(C(C)(C)C)ccc43)cc1S2. The topological polar surface area (TPSA) is 8.17 Å². The standard InChI is InChI=1S/C87H79BN2S/c1-84(2,3)52-53-44-77-83-79(45-53)91-78-51-62(90-74-40-34-59(85(4,5)6)47-70(74)71-48-60(86(7,8)9)35-41-75(71)90)36-39-73(78)88(83)72-38-33-58(63-37-32-57-28-20-30-66-65-29-19-26-56-27-21-31-67(80(56)65)82(63)81(57)66)46-76(72)89(77)43-42-64-68(54-22-15-13-16-23-54)49-61(87(10,11)12)50-69(64)55-24-17-14-18-25-55/h13-41,44-51H,42-43,52H2,1-12H3. The van der Waals surface area contributed by atoms with Crippen LogP contribution in [0.25, 0.3) is 104 Å². The van der Waals surface area contributed by atoms with E-state index in [-0.39, 0.29) is 28.4 Å². The molecule has 2 aliphatic heterocycles. The molecule has 0 bridgehead atoms. The van der Waals surface area contributed by atoms with Gasteiger partial charge in [-0.15, -0.1) is 0 Å². The lowest BCUT2D eigenvalue weighted by Gasteiger charge is -2.41. The normalized spacial score (nSPS) is 13.5. The van der Waals surface area contributed by atoms with E-state index in [9.17, 15) is 0 Å². The zero-order valence-corrected chi connectivity index (χ0v) is 55.7. The van der Waals surface area contributed by atoms with E-state index in [2.05, 4.69) is 317 Å². The Morgan fingerprint density at radius 3 is 1.55 bits per heavy atom. The van der Waals surface area contributed by atoms with Crippen LogP contribution in [0.3, 0.4) is 0 Å². The predicted octanol–water partition coefficient (Wildman–Crippen LogP) is 22.0. The predicted molar refractivity (Wildman–Crippen MR) is 396 cm³/mol. The van der Waals surface area contributed by atoms with Crippen LogP contribution in [-0.4, -0.2) is 17.8 Å². The van der Waals surface area contributed by atoms with Crippen LogP contribution in [0.4, 0.5) is 11.4 Å². The number of rotatable bonds is 8. The van der Waals surface area contributed by atoms with Crippen molar-refractivity contribution in [2.24, 2.45) is 5.41 Å². The van der Waals surface area contributed by atoms with Crippen LogP contribution in [0, 0.1) is 5.41 Å². The summed E-state index contributed by atoms with van der Waals surface area (Å²) in [4.78, 5) is 5.45. The average Bonchev–Trinajstić information content (AvgIpc) is 0.935. The molecule has 3 heterocycles. The molecule has 0 unspecified atom stereocenters. The highest BCUT2D eigenvalue weighted by atomic mass is 32.2. The van der Waals surface area contributed by atoms with Crippen molar-refractivity contribution < 1.29 is 0 Å². The van der Waals surface area contributed by atoms with E-state index in [0.717, 1.165) is 19.4 Å². The fourth-order valence-corrected chi connectivity index (χ4v) is 16.9. The van der Waals surface area contributed by atoms with Crippen LogP contribution >= 0.6 is 11.8 Å². The Balaban J connectivity index is 0.938. The monoisotopic (exact) mass is 1190 g/mol. The Morgan fingerprint density at radius 2 is 0.956 bits per heavy atom. The second-order valence-electron chi connectivity index (χ2n) is 30.6. The fourth-order valence-electron chi connectivity index (χ4n) is 15.6. The van der Waals surface area contributed by atoms with Crippen LogP contribution in [0.1, 0.15) is 111 Å². The lowest BCUT2D eigenvalue weighted by molar-refractivity contribution is 0.411. The molecular formula is C87H79BN2S. The largest absolute Gasteiger partial charge is 0.342 e. The maximum Gasteiger partial charge on any atom is 0.249 e. The Hall–Kier alpha value is -8.83. The van der Waals surface area contributed by atoms with Gasteiger partial charge in [0.15, 0.2) is 0 Å². The number of benzene rings is 13. The Bertz CT molecular complexity index is 5130. The number of fused-ring (bicyclic) bond motifs is 9. The average molecular weight is 1200 g/mol. The van der Waals surface area contributed by atoms with Gasteiger partial charge in [0, 0.05) is 44.2 Å². The summed E-state index contributed by atoms with van der Waals surface area (Å²) in [5.41, 5.74) is 24.9. The molecule has 446 valence electrons. The molecule has 4 heteroatoms. The first kappa shape index (κ1) is 57.3. The molecule has 16 rings (SSSR count). The highest BCUT2D eigenvalue weighted by Crippen LogP contribution is 2.48. The molecule has 1 aromatic heterocycles. The van der Waals surface area contributed by atoms with Crippen LogP contribution in [0.5, 0.6) is 0 Å². The van der Waals surface area contributed by atoms with Gasteiger partial charge in [0.2, 0.25) is 6.71 Å². The van der Waals surface area contributed by atoms with Gasteiger partial charge in [0.05, 0.1) is 11.0 Å². The van der Waals surface area contributed by atoms with Crippen LogP contribution in [0.2, 0.25) is 0 Å². The van der Waals surface area contributed by atoms with Crippen LogP contribution in [0.15, 0.2) is 234 Å². The molecule has 2 nitrogen and oxygen atoms in total. The van der Waals surface area contributed by atoms with E-state index in [0.29, 0.717) is 0 Å². The van der Waals surface area contributed by atoms with E-state index in [1.54, 1.807) is 0 Å². The molecule has 0 amide bonds. The quantitative estimate of drug-likeness (QED) is 0.0851. The number of nitrogens with zero attached hydrogens (tertiary/aromatic N) is 2. The minimum Gasteiger partial charge on any atom is -0.342 e. The minimum absolute atomic E-state index is 0.00846. The second kappa shape index (κ2) is 20.9. The summed E-state index contributed by atoms with van der Waals surface area (Å²) in [5.74, 6) is 0. The van der Waals surface area contributed by atoms with Crippen molar-refractivity contribution in [1.29, 1.82) is 0 Å². The maximum atomic E-state index is 2.77. The Labute approximate surface area is 542 Å². The summed E-state index contributed by atoms with van der Waals surface area (Å²) in [5, 5.41) is 13.1. The molecule has 0 fully saturated rings. The lowest BCUT2D eigenvalue weighted by Crippen LogP contribution is -2.60. The van der Waals surface area contributed by atoms with Crippen molar-refractivity contribution in [3.8, 4) is 39.1 Å². The molecule has 2 aliphatic rings. The molecule has 0 saturated heterocycles. The van der Waals surface area contributed by atoms with Crippen LogP contribution in [-0.2, 0) is 29.1 Å². The summed E-state index contributed by atoms with van der Waals surface area (Å²) in [6, 6.07) is 87.5. The van der Waals surface area contributed by atoms with Crippen molar-refractivity contribution >= 4 is 111 Å². The zero-order valence-electron chi connectivity index (χ0n) is 54.9. The number of hydrogen-bond donors (Lipinski definition) is 0. The van der Waals surface area contributed by atoms with Crippen LogP contribution < -0.4 is 21.3 Å².